The molecule has 0 saturated carbocycles. The molecule has 0 aliphatic carbocycles. The number of hydrogen-bond donors (Lipinski definition) is 3. The monoisotopic (exact) mass is 281 g/mol. The highest BCUT2D eigenvalue weighted by Crippen LogP contribution is 2.25. The van der Waals surface area contributed by atoms with Gasteiger partial charge in [-0.05, 0) is 26.2 Å². The minimum absolute atomic E-state index is 0.0374. The van der Waals surface area contributed by atoms with Crippen molar-refractivity contribution >= 4 is 11.8 Å². The van der Waals surface area contributed by atoms with Crippen LogP contribution in [0.2, 0.25) is 0 Å². The number of fused-ring (bicyclic) bond motifs is 1. The molecule has 7 nitrogen and oxygen atoms in total. The predicted molar refractivity (Wildman–Crippen MR) is 76.2 cm³/mol. The van der Waals surface area contributed by atoms with E-state index in [1.807, 2.05) is 0 Å². The molecule has 2 rings (SSSR count). The largest absolute Gasteiger partial charge is 0.393 e. The van der Waals surface area contributed by atoms with Crippen LogP contribution in [0.3, 0.4) is 0 Å². The Hall–Kier alpha value is -1.60. The highest BCUT2D eigenvalue weighted by atomic mass is 16.3. The number of aliphatic hydroxyl groups excluding tert-OH is 1. The Kier molecular flexibility index (Phi) is 4.61. The molecule has 4 N–H and O–H groups in total. The number of hydrogen-bond acceptors (Lipinski definition) is 4. The molecule has 2 amide bonds. The number of amides is 2. The van der Waals surface area contributed by atoms with Gasteiger partial charge >= 0.3 is 6.03 Å². The highest BCUT2D eigenvalue weighted by molar-refractivity contribution is 5.92. The smallest absolute Gasteiger partial charge is 0.325 e. The molecule has 2 heterocycles. The van der Waals surface area contributed by atoms with Crippen LogP contribution in [0.4, 0.5) is 10.6 Å². The quantitative estimate of drug-likeness (QED) is 0.671. The maximum atomic E-state index is 12.2. The second kappa shape index (κ2) is 6.23. The third-order valence-electron chi connectivity index (χ3n) is 3.52. The summed E-state index contributed by atoms with van der Waals surface area (Å²) in [6.45, 7) is 3.35. The first-order chi connectivity index (χ1) is 9.52. The van der Waals surface area contributed by atoms with Gasteiger partial charge in [-0.2, -0.15) is 0 Å². The molecule has 7 heteroatoms. The molecule has 0 saturated heterocycles. The number of urea groups is 1. The summed E-state index contributed by atoms with van der Waals surface area (Å²) in [6, 6.07) is -0.0374. The second-order valence-corrected chi connectivity index (χ2v) is 5.30. The number of carbonyl (C=O) groups excluding carboxylic acids is 1. The van der Waals surface area contributed by atoms with Crippen LogP contribution >= 0.6 is 0 Å². The molecule has 112 valence electrons. The molecule has 1 aliphatic rings. The van der Waals surface area contributed by atoms with Crippen molar-refractivity contribution in [3.63, 3.8) is 0 Å². The van der Waals surface area contributed by atoms with Crippen LogP contribution in [-0.4, -0.2) is 45.7 Å². The van der Waals surface area contributed by atoms with E-state index in [9.17, 15) is 9.90 Å². The average molecular weight is 281 g/mol. The van der Waals surface area contributed by atoms with Crippen molar-refractivity contribution in [1.29, 1.82) is 0 Å². The van der Waals surface area contributed by atoms with Gasteiger partial charge in [0.1, 0.15) is 5.82 Å². The first-order valence-electron chi connectivity index (χ1n) is 7.01. The zero-order chi connectivity index (χ0) is 14.7. The number of aromatic nitrogens is 2. The summed E-state index contributed by atoms with van der Waals surface area (Å²) in [7, 11) is 1.73. The summed E-state index contributed by atoms with van der Waals surface area (Å²) in [5, 5.41) is 9.23. The summed E-state index contributed by atoms with van der Waals surface area (Å²) in [5.74, 6) is 1.38. The molecular weight excluding hydrogens is 258 g/mol. The number of rotatable bonds is 6. The van der Waals surface area contributed by atoms with Crippen molar-refractivity contribution in [3.8, 4) is 0 Å². The van der Waals surface area contributed by atoms with Gasteiger partial charge in [-0.25, -0.2) is 9.78 Å². The predicted octanol–water partition coefficient (Wildman–Crippen LogP) is 0.791. The molecule has 1 aromatic rings. The van der Waals surface area contributed by atoms with Gasteiger partial charge in [0.2, 0.25) is 0 Å². The van der Waals surface area contributed by atoms with Crippen molar-refractivity contribution in [2.75, 3.05) is 18.5 Å². The zero-order valence-corrected chi connectivity index (χ0v) is 12.1. The number of nitrogens with zero attached hydrogens (tertiary/aromatic N) is 3. The molecular formula is C13H23N5O2. The fourth-order valence-corrected chi connectivity index (χ4v) is 2.42. The van der Waals surface area contributed by atoms with Crippen molar-refractivity contribution < 1.29 is 9.90 Å². The Labute approximate surface area is 118 Å². The number of nitrogens with one attached hydrogen (secondary N) is 1. The van der Waals surface area contributed by atoms with E-state index in [2.05, 4.69) is 9.97 Å². The van der Waals surface area contributed by atoms with Gasteiger partial charge in [0.15, 0.2) is 5.82 Å². The van der Waals surface area contributed by atoms with Gasteiger partial charge in [0.25, 0.3) is 0 Å². The first-order valence-corrected chi connectivity index (χ1v) is 7.01. The number of anilines is 1. The standard InChI is InChI=1S/C13H23N5O2/c1-9(19)5-3-4-6-18-8-10-12(17(2)13(18)20)16-11(7-14)15-10/h9,19H,3-8,14H2,1-2H3,(H,15,16)/t9-/m1/s1. The molecule has 20 heavy (non-hydrogen) atoms. The summed E-state index contributed by atoms with van der Waals surface area (Å²) < 4.78 is 0. The maximum absolute atomic E-state index is 12.2. The SMILES string of the molecule is C[C@@H](O)CCCCN1Cc2[nH]c(CN)nc2N(C)C1=O. The van der Waals surface area contributed by atoms with E-state index in [-0.39, 0.29) is 12.1 Å². The van der Waals surface area contributed by atoms with Crippen molar-refractivity contribution in [1.82, 2.24) is 14.9 Å². The molecule has 0 fully saturated rings. The van der Waals surface area contributed by atoms with Gasteiger partial charge in [-0.3, -0.25) is 4.90 Å². The summed E-state index contributed by atoms with van der Waals surface area (Å²) in [6.07, 6.45) is 2.29. The summed E-state index contributed by atoms with van der Waals surface area (Å²) in [5.41, 5.74) is 6.50. The Morgan fingerprint density at radius 3 is 2.90 bits per heavy atom. The van der Waals surface area contributed by atoms with Gasteiger partial charge in [-0.1, -0.05) is 0 Å². The molecule has 0 unspecified atom stereocenters. The topological polar surface area (TPSA) is 98.5 Å². The molecule has 1 atom stereocenters. The second-order valence-electron chi connectivity index (χ2n) is 5.30. The van der Waals surface area contributed by atoms with Crippen LogP contribution in [0.5, 0.6) is 0 Å². The number of imidazole rings is 1. The van der Waals surface area contributed by atoms with Crippen LogP contribution in [0.25, 0.3) is 0 Å². The van der Waals surface area contributed by atoms with Crippen LogP contribution in [0.1, 0.15) is 37.7 Å². The van der Waals surface area contributed by atoms with Crippen LogP contribution in [0.15, 0.2) is 0 Å². The van der Waals surface area contributed by atoms with E-state index in [1.165, 1.54) is 0 Å². The lowest BCUT2D eigenvalue weighted by Crippen LogP contribution is -2.45. The molecule has 0 spiro atoms. The third-order valence-corrected chi connectivity index (χ3v) is 3.52. The van der Waals surface area contributed by atoms with Crippen LogP contribution < -0.4 is 10.6 Å². The molecule has 1 aliphatic heterocycles. The minimum Gasteiger partial charge on any atom is -0.393 e. The van der Waals surface area contributed by atoms with Crippen molar-refractivity contribution in [3.05, 3.63) is 11.5 Å². The number of unbranched alkanes of at least 4 members (excludes halogenated alkanes) is 1. The molecule has 1 aromatic heterocycles. The number of nitrogens with two attached hydrogens (primary N) is 1. The van der Waals surface area contributed by atoms with Crippen LogP contribution in [-0.2, 0) is 13.1 Å². The van der Waals surface area contributed by atoms with Crippen molar-refractivity contribution in [2.24, 2.45) is 5.73 Å². The zero-order valence-electron chi connectivity index (χ0n) is 12.1. The molecule has 0 radical (unpaired) electrons. The van der Waals surface area contributed by atoms with Crippen LogP contribution in [0, 0.1) is 0 Å². The maximum Gasteiger partial charge on any atom is 0.325 e. The van der Waals surface area contributed by atoms with Gasteiger partial charge in [0.05, 0.1) is 24.9 Å². The Balaban J connectivity index is 1.97. The van der Waals surface area contributed by atoms with E-state index in [0.29, 0.717) is 31.3 Å². The Bertz CT molecular complexity index is 471. The minimum atomic E-state index is -0.277. The molecule has 0 bridgehead atoms. The fourth-order valence-electron chi connectivity index (χ4n) is 2.42. The third kappa shape index (κ3) is 3.10. The van der Waals surface area contributed by atoms with E-state index >= 15 is 0 Å². The number of aromatic amines is 1. The lowest BCUT2D eigenvalue weighted by Gasteiger charge is -2.32. The van der Waals surface area contributed by atoms with Gasteiger partial charge in [-0.15, -0.1) is 0 Å². The lowest BCUT2D eigenvalue weighted by atomic mass is 10.1. The van der Waals surface area contributed by atoms with E-state index < -0.39 is 0 Å². The van der Waals surface area contributed by atoms with Gasteiger partial charge in [0, 0.05) is 13.6 Å². The lowest BCUT2D eigenvalue weighted by molar-refractivity contribution is 0.175. The van der Waals surface area contributed by atoms with E-state index in [1.54, 1.807) is 23.8 Å². The number of carbonyl (C=O) groups is 1. The average Bonchev–Trinajstić information content (AvgIpc) is 2.83. The Morgan fingerprint density at radius 2 is 2.25 bits per heavy atom. The van der Waals surface area contributed by atoms with Crippen molar-refractivity contribution in [2.45, 2.75) is 45.4 Å². The summed E-state index contributed by atoms with van der Waals surface area (Å²) in [4.78, 5) is 23.1. The highest BCUT2D eigenvalue weighted by Gasteiger charge is 2.30. The Morgan fingerprint density at radius 1 is 1.50 bits per heavy atom. The first kappa shape index (κ1) is 14.8. The molecule has 0 aromatic carbocycles. The number of aliphatic hydroxyl groups is 1. The fraction of sp³-hybridized carbons (Fsp3) is 0.692. The van der Waals surface area contributed by atoms with E-state index in [4.69, 9.17) is 5.73 Å². The number of H-pyrrole nitrogens is 1. The normalized spacial score (nSPS) is 16.5. The van der Waals surface area contributed by atoms with E-state index in [0.717, 1.165) is 25.0 Å². The summed E-state index contributed by atoms with van der Waals surface area (Å²) >= 11 is 0. The van der Waals surface area contributed by atoms with Gasteiger partial charge < -0.3 is 20.7 Å².